The minimum atomic E-state index is 0. The second-order valence-electron chi connectivity index (χ2n) is 7.73. The number of likely N-dealkylation sites (tertiary alicyclic amines) is 1. The summed E-state index contributed by atoms with van der Waals surface area (Å²) in [4.78, 5) is 2.56. The molecule has 4 heteroatoms. The summed E-state index contributed by atoms with van der Waals surface area (Å²) in [6.07, 6.45) is 3.84. The van der Waals surface area contributed by atoms with Gasteiger partial charge in [-0.25, -0.2) is 0 Å². The first kappa shape index (κ1) is 19.3. The normalized spacial score (nSPS) is 27.9. The third kappa shape index (κ3) is 2.87. The first-order valence-corrected chi connectivity index (χ1v) is 8.66. The maximum atomic E-state index is 10.4. The van der Waals surface area contributed by atoms with E-state index < -0.39 is 0 Å². The van der Waals surface area contributed by atoms with Gasteiger partial charge in [-0.15, -0.1) is 19.0 Å². The Labute approximate surface area is 152 Å². The third-order valence-electron chi connectivity index (χ3n) is 6.50. The van der Waals surface area contributed by atoms with Crippen LogP contribution in [0.1, 0.15) is 38.3 Å². The Morgan fingerprint density at radius 2 is 2.12 bits per heavy atom. The zero-order valence-electron chi connectivity index (χ0n) is 15.0. The van der Waals surface area contributed by atoms with E-state index in [1.54, 1.807) is 6.08 Å². The zero-order chi connectivity index (χ0) is 16.7. The highest BCUT2D eigenvalue weighted by molar-refractivity contribution is 5.85. The van der Waals surface area contributed by atoms with Crippen molar-refractivity contribution in [2.45, 2.75) is 45.1 Å². The molecule has 0 saturated carbocycles. The molecule has 1 aliphatic carbocycles. The fraction of sp³-hybridized carbons (Fsp3) is 0.600. The van der Waals surface area contributed by atoms with Crippen molar-refractivity contribution in [3.05, 3.63) is 42.0 Å². The number of hydrogen-bond acceptors (Lipinski definition) is 3. The van der Waals surface area contributed by atoms with Crippen LogP contribution in [0.15, 0.2) is 30.9 Å². The first-order valence-electron chi connectivity index (χ1n) is 8.66. The van der Waals surface area contributed by atoms with Crippen LogP contribution in [0.2, 0.25) is 0 Å². The van der Waals surface area contributed by atoms with Crippen molar-refractivity contribution in [3.63, 3.8) is 0 Å². The predicted molar refractivity (Wildman–Crippen MR) is 101 cm³/mol. The molecule has 2 aliphatic rings. The van der Waals surface area contributed by atoms with Crippen molar-refractivity contribution in [1.29, 1.82) is 0 Å². The number of halogens is 1. The van der Waals surface area contributed by atoms with Gasteiger partial charge in [0.25, 0.3) is 0 Å². The van der Waals surface area contributed by atoms with Gasteiger partial charge in [-0.2, -0.15) is 0 Å². The topological polar surface area (TPSA) is 32.7 Å². The molecule has 1 fully saturated rings. The van der Waals surface area contributed by atoms with E-state index in [9.17, 15) is 5.11 Å². The SMILES string of the molecule is C=CCOCCN1CCC2(C)c3cccc(O)c3C[C@@H]1C2(C)C.Cl. The average Bonchev–Trinajstić information content (AvgIpc) is 2.50. The van der Waals surface area contributed by atoms with E-state index in [1.807, 2.05) is 12.1 Å². The highest BCUT2D eigenvalue weighted by atomic mass is 35.5. The van der Waals surface area contributed by atoms with Crippen molar-refractivity contribution in [1.82, 2.24) is 4.90 Å². The second kappa shape index (κ2) is 7.07. The van der Waals surface area contributed by atoms with Gasteiger partial charge in [0.2, 0.25) is 0 Å². The van der Waals surface area contributed by atoms with Crippen LogP contribution in [0.25, 0.3) is 0 Å². The lowest BCUT2D eigenvalue weighted by Crippen LogP contribution is -2.64. The summed E-state index contributed by atoms with van der Waals surface area (Å²) < 4.78 is 5.60. The van der Waals surface area contributed by atoms with Crippen LogP contribution in [0.4, 0.5) is 0 Å². The van der Waals surface area contributed by atoms with Crippen molar-refractivity contribution in [2.24, 2.45) is 5.41 Å². The van der Waals surface area contributed by atoms with Gasteiger partial charge in [-0.05, 0) is 42.0 Å². The number of ether oxygens (including phenoxy) is 1. The second-order valence-corrected chi connectivity index (χ2v) is 7.73. The summed E-state index contributed by atoms with van der Waals surface area (Å²) in [6, 6.07) is 6.48. The van der Waals surface area contributed by atoms with Crippen LogP contribution in [0.5, 0.6) is 5.75 Å². The van der Waals surface area contributed by atoms with Gasteiger partial charge < -0.3 is 9.84 Å². The molecule has 2 atom stereocenters. The average molecular weight is 352 g/mol. The smallest absolute Gasteiger partial charge is 0.119 e. The van der Waals surface area contributed by atoms with Gasteiger partial charge in [-0.3, -0.25) is 4.90 Å². The van der Waals surface area contributed by atoms with Crippen molar-refractivity contribution in [3.8, 4) is 5.75 Å². The van der Waals surface area contributed by atoms with Gasteiger partial charge in [-0.1, -0.05) is 39.0 Å². The van der Waals surface area contributed by atoms with E-state index in [1.165, 1.54) is 5.56 Å². The first-order chi connectivity index (χ1) is 10.9. The Balaban J connectivity index is 0.00000208. The number of rotatable bonds is 5. The summed E-state index contributed by atoms with van der Waals surface area (Å²) in [6.45, 7) is 14.2. The molecule has 134 valence electrons. The van der Waals surface area contributed by atoms with Gasteiger partial charge >= 0.3 is 0 Å². The van der Waals surface area contributed by atoms with Crippen molar-refractivity contribution >= 4 is 12.4 Å². The molecule has 1 N–H and O–H groups in total. The van der Waals surface area contributed by atoms with Gasteiger partial charge in [0, 0.05) is 18.0 Å². The lowest BCUT2D eigenvalue weighted by molar-refractivity contribution is -0.0473. The number of nitrogens with zero attached hydrogens (tertiary/aromatic N) is 1. The lowest BCUT2D eigenvalue weighted by atomic mass is 9.51. The lowest BCUT2D eigenvalue weighted by Gasteiger charge is -2.61. The van der Waals surface area contributed by atoms with Crippen LogP contribution in [-0.4, -0.2) is 42.4 Å². The predicted octanol–water partition coefficient (Wildman–Crippen LogP) is 3.93. The summed E-state index contributed by atoms with van der Waals surface area (Å²) >= 11 is 0. The molecule has 1 saturated heterocycles. The number of phenolic OH excluding ortho intramolecular Hbond substituents is 1. The quantitative estimate of drug-likeness (QED) is 0.644. The Morgan fingerprint density at radius 3 is 2.83 bits per heavy atom. The molecule has 1 aliphatic heterocycles. The fourth-order valence-electron chi connectivity index (χ4n) is 4.65. The number of hydrogen-bond donors (Lipinski definition) is 1. The van der Waals surface area contributed by atoms with Crippen molar-refractivity contribution < 1.29 is 9.84 Å². The van der Waals surface area contributed by atoms with Crippen LogP contribution in [0.3, 0.4) is 0 Å². The molecule has 0 aromatic heterocycles. The number of fused-ring (bicyclic) bond motifs is 4. The van der Waals surface area contributed by atoms with Gasteiger partial charge in [0.1, 0.15) is 5.75 Å². The van der Waals surface area contributed by atoms with Crippen molar-refractivity contribution in [2.75, 3.05) is 26.3 Å². The molecule has 0 radical (unpaired) electrons. The summed E-state index contributed by atoms with van der Waals surface area (Å²) in [5, 5.41) is 10.4. The van der Waals surface area contributed by atoms with E-state index in [2.05, 4.69) is 38.3 Å². The Bertz CT molecular complexity index is 601. The highest BCUT2D eigenvalue weighted by Gasteiger charge is 2.56. The molecule has 1 unspecified atom stereocenters. The van der Waals surface area contributed by atoms with E-state index in [-0.39, 0.29) is 23.2 Å². The Kier molecular flexibility index (Phi) is 5.68. The molecular weight excluding hydrogens is 322 g/mol. The van der Waals surface area contributed by atoms with Gasteiger partial charge in [0.15, 0.2) is 0 Å². The minimum Gasteiger partial charge on any atom is -0.508 e. The molecular formula is C20H30ClNO2. The van der Waals surface area contributed by atoms with Gasteiger partial charge in [0.05, 0.1) is 13.2 Å². The summed E-state index contributed by atoms with van der Waals surface area (Å²) in [7, 11) is 0. The number of benzene rings is 1. The Hall–Kier alpha value is -1.03. The number of aromatic hydroxyl groups is 1. The molecule has 1 aromatic carbocycles. The molecule has 1 aromatic rings. The minimum absolute atomic E-state index is 0. The number of phenols is 1. The molecule has 1 heterocycles. The molecule has 3 nitrogen and oxygen atoms in total. The highest BCUT2D eigenvalue weighted by Crippen LogP contribution is 2.56. The maximum absolute atomic E-state index is 10.4. The monoisotopic (exact) mass is 351 g/mol. The summed E-state index contributed by atoms with van der Waals surface area (Å²) in [5.41, 5.74) is 2.78. The van der Waals surface area contributed by atoms with Crippen LogP contribution >= 0.6 is 12.4 Å². The molecule has 3 rings (SSSR count). The van der Waals surface area contributed by atoms with E-state index in [4.69, 9.17) is 4.74 Å². The maximum Gasteiger partial charge on any atom is 0.119 e. The zero-order valence-corrected chi connectivity index (χ0v) is 15.9. The fourth-order valence-corrected chi connectivity index (χ4v) is 4.65. The van der Waals surface area contributed by atoms with Crippen LogP contribution < -0.4 is 0 Å². The van der Waals surface area contributed by atoms with Crippen LogP contribution in [-0.2, 0) is 16.6 Å². The molecule has 2 bridgehead atoms. The molecule has 24 heavy (non-hydrogen) atoms. The molecule has 0 spiro atoms. The standard InChI is InChI=1S/C20H29NO2.ClH/c1-5-12-23-13-11-21-10-9-20(4)16-7-6-8-17(22)15(16)14-18(21)19(20,2)3;/h5-8,18,22H,1,9-14H2,2-4H3;1H/t18-,20?;/m1./s1. The van der Waals surface area contributed by atoms with E-state index >= 15 is 0 Å². The Morgan fingerprint density at radius 1 is 1.38 bits per heavy atom. The van der Waals surface area contributed by atoms with E-state index in [0.29, 0.717) is 18.4 Å². The number of piperidine rings is 1. The largest absolute Gasteiger partial charge is 0.508 e. The van der Waals surface area contributed by atoms with E-state index in [0.717, 1.165) is 38.1 Å². The van der Waals surface area contributed by atoms with Crippen LogP contribution in [0, 0.1) is 5.41 Å². The summed E-state index contributed by atoms with van der Waals surface area (Å²) in [5.74, 6) is 0.457. The third-order valence-corrected chi connectivity index (χ3v) is 6.50. The molecule has 0 amide bonds.